The van der Waals surface area contributed by atoms with Gasteiger partial charge in [0.1, 0.15) is 17.7 Å². The van der Waals surface area contributed by atoms with Gasteiger partial charge in [-0.25, -0.2) is 0 Å². The van der Waals surface area contributed by atoms with Crippen LogP contribution in [0.2, 0.25) is 0 Å². The molecule has 10 heteroatoms. The van der Waals surface area contributed by atoms with Gasteiger partial charge in [0.25, 0.3) is 6.47 Å². The molecule has 10 nitrogen and oxygen atoms in total. The Hall–Kier alpha value is -3.01. The normalized spacial score (nSPS) is 30.5. The number of fused-ring (bicyclic) bond motifs is 1. The number of likely N-dealkylation sites (tertiary alicyclic amines) is 1. The first kappa shape index (κ1) is 18.4. The van der Waals surface area contributed by atoms with E-state index in [2.05, 4.69) is 10.6 Å². The summed E-state index contributed by atoms with van der Waals surface area (Å²) in [7, 11) is 0. The summed E-state index contributed by atoms with van der Waals surface area (Å²) < 4.78 is 5.19. The van der Waals surface area contributed by atoms with Gasteiger partial charge >= 0.3 is 0 Å². The first-order chi connectivity index (χ1) is 13.5. The lowest BCUT2D eigenvalue weighted by Gasteiger charge is -2.34. The number of carbonyl (C=O) groups is 5. The molecule has 0 bridgehead atoms. The smallest absolute Gasteiger partial charge is 0.298 e. The fraction of sp³-hybridized carbons (Fsp3) is 0.500. The van der Waals surface area contributed by atoms with E-state index < -0.39 is 41.5 Å². The number of hydrogen-bond donors (Lipinski definition) is 2. The molecule has 4 amide bonds. The van der Waals surface area contributed by atoms with E-state index in [1.165, 1.54) is 0 Å². The topological polar surface area (TPSA) is 125 Å². The number of ether oxygens (including phenoxy) is 1. The van der Waals surface area contributed by atoms with Crippen molar-refractivity contribution in [2.45, 2.75) is 18.9 Å². The Labute approximate surface area is 160 Å². The number of piperidine rings is 1. The van der Waals surface area contributed by atoms with E-state index in [1.54, 1.807) is 12.2 Å². The van der Waals surface area contributed by atoms with Crippen LogP contribution in [0, 0.1) is 11.8 Å². The molecule has 3 atom stereocenters. The highest BCUT2D eigenvalue weighted by atomic mass is 16.5. The highest BCUT2D eigenvalue weighted by Gasteiger charge is 2.55. The first-order valence-corrected chi connectivity index (χ1v) is 9.22. The lowest BCUT2D eigenvalue weighted by atomic mass is 9.87. The van der Waals surface area contributed by atoms with Crippen LogP contribution in [0.15, 0.2) is 23.6 Å². The molecule has 0 aromatic heterocycles. The fourth-order valence-electron chi connectivity index (χ4n) is 4.21. The van der Waals surface area contributed by atoms with Crippen LogP contribution in [-0.2, 0) is 28.7 Å². The van der Waals surface area contributed by atoms with Crippen molar-refractivity contribution in [2.24, 2.45) is 11.8 Å². The minimum Gasteiger partial charge on any atom is -0.430 e. The Morgan fingerprint density at radius 1 is 1.11 bits per heavy atom. The van der Waals surface area contributed by atoms with Crippen LogP contribution < -0.4 is 10.6 Å². The summed E-state index contributed by atoms with van der Waals surface area (Å²) in [5.41, 5.74) is 0.598. The molecule has 3 saturated heterocycles. The molecule has 3 fully saturated rings. The van der Waals surface area contributed by atoms with Crippen LogP contribution in [0.1, 0.15) is 12.8 Å². The first-order valence-electron chi connectivity index (χ1n) is 9.22. The van der Waals surface area contributed by atoms with E-state index in [-0.39, 0.29) is 25.1 Å². The van der Waals surface area contributed by atoms with E-state index in [0.29, 0.717) is 18.8 Å². The van der Waals surface area contributed by atoms with E-state index in [9.17, 15) is 24.0 Å². The SMILES string of the molecule is O=COC1=C(N2CCNCC2)C=CC2C(=O)N(C3CCC(=O)NC3=O)C(=O)C12. The van der Waals surface area contributed by atoms with Gasteiger partial charge in [-0.1, -0.05) is 6.08 Å². The van der Waals surface area contributed by atoms with Gasteiger partial charge in [0.05, 0.1) is 11.6 Å². The maximum Gasteiger partial charge on any atom is 0.298 e. The molecule has 0 aromatic carbocycles. The molecule has 4 aliphatic rings. The van der Waals surface area contributed by atoms with Gasteiger partial charge in [-0.2, -0.15) is 0 Å². The molecule has 0 saturated carbocycles. The summed E-state index contributed by atoms with van der Waals surface area (Å²) in [5, 5.41) is 5.39. The Bertz CT molecular complexity index is 813. The van der Waals surface area contributed by atoms with Crippen molar-refractivity contribution in [1.82, 2.24) is 20.4 Å². The molecule has 0 aromatic rings. The standard InChI is InChI=1S/C18H20N4O6/c23-9-28-15-11(21-7-5-19-6-8-21)2-1-10-14(15)18(27)22(17(10)26)12-3-4-13(24)20-16(12)25/h1-2,9-10,12,14,19H,3-8H2,(H,20,24,25). The van der Waals surface area contributed by atoms with Crippen molar-refractivity contribution in [2.75, 3.05) is 26.2 Å². The zero-order valence-corrected chi connectivity index (χ0v) is 15.1. The van der Waals surface area contributed by atoms with Gasteiger partial charge in [0.15, 0.2) is 0 Å². The molecule has 3 heterocycles. The maximum absolute atomic E-state index is 13.1. The fourth-order valence-corrected chi connectivity index (χ4v) is 4.21. The summed E-state index contributed by atoms with van der Waals surface area (Å²) in [4.78, 5) is 63.7. The molecule has 3 aliphatic heterocycles. The minimum absolute atomic E-state index is 0.0538. The number of nitrogens with one attached hydrogen (secondary N) is 2. The number of amides is 4. The van der Waals surface area contributed by atoms with Crippen LogP contribution in [-0.4, -0.2) is 72.1 Å². The number of allylic oxidation sites excluding steroid dienone is 1. The van der Waals surface area contributed by atoms with Crippen molar-refractivity contribution < 1.29 is 28.7 Å². The molecule has 4 rings (SSSR count). The van der Waals surface area contributed by atoms with Crippen molar-refractivity contribution in [3.63, 3.8) is 0 Å². The Morgan fingerprint density at radius 2 is 1.86 bits per heavy atom. The summed E-state index contributed by atoms with van der Waals surface area (Å²) >= 11 is 0. The minimum atomic E-state index is -1.03. The average molecular weight is 388 g/mol. The Balaban J connectivity index is 1.67. The summed E-state index contributed by atoms with van der Waals surface area (Å²) in [6, 6.07) is -1.03. The third kappa shape index (κ3) is 2.89. The van der Waals surface area contributed by atoms with Gasteiger partial charge < -0.3 is 15.0 Å². The highest BCUT2D eigenvalue weighted by Crippen LogP contribution is 2.40. The number of nitrogens with zero attached hydrogens (tertiary/aromatic N) is 2. The second-order valence-corrected chi connectivity index (χ2v) is 7.08. The van der Waals surface area contributed by atoms with Crippen LogP contribution in [0.5, 0.6) is 0 Å². The van der Waals surface area contributed by atoms with E-state index >= 15 is 0 Å². The number of imide groups is 2. The summed E-state index contributed by atoms with van der Waals surface area (Å²) in [5.74, 6) is -3.88. The number of rotatable bonds is 4. The maximum atomic E-state index is 13.1. The van der Waals surface area contributed by atoms with Gasteiger partial charge in [0.2, 0.25) is 23.6 Å². The van der Waals surface area contributed by atoms with Crippen molar-refractivity contribution in [1.29, 1.82) is 0 Å². The number of hydrogen-bond acceptors (Lipinski definition) is 8. The molecule has 2 N–H and O–H groups in total. The summed E-state index contributed by atoms with van der Waals surface area (Å²) in [6.07, 6.45) is 3.47. The second-order valence-electron chi connectivity index (χ2n) is 7.08. The second kappa shape index (κ2) is 7.19. The van der Waals surface area contributed by atoms with E-state index in [1.807, 2.05) is 4.90 Å². The Morgan fingerprint density at radius 3 is 2.54 bits per heavy atom. The van der Waals surface area contributed by atoms with Crippen molar-refractivity contribution in [3.05, 3.63) is 23.6 Å². The lowest BCUT2D eigenvalue weighted by Crippen LogP contribution is -2.54. The third-order valence-electron chi connectivity index (χ3n) is 5.54. The van der Waals surface area contributed by atoms with E-state index in [4.69, 9.17) is 4.74 Å². The van der Waals surface area contributed by atoms with Crippen molar-refractivity contribution >= 4 is 30.1 Å². The van der Waals surface area contributed by atoms with Crippen LogP contribution in [0.3, 0.4) is 0 Å². The van der Waals surface area contributed by atoms with Crippen LogP contribution in [0.25, 0.3) is 0 Å². The van der Waals surface area contributed by atoms with Gasteiger partial charge in [-0.3, -0.25) is 34.2 Å². The quantitative estimate of drug-likeness (QED) is 0.429. The predicted molar refractivity (Wildman–Crippen MR) is 92.8 cm³/mol. The van der Waals surface area contributed by atoms with Gasteiger partial charge in [-0.05, 0) is 12.5 Å². The molecule has 0 radical (unpaired) electrons. The average Bonchev–Trinajstić information content (AvgIpc) is 2.94. The van der Waals surface area contributed by atoms with Crippen LogP contribution in [0.4, 0.5) is 0 Å². The molecule has 28 heavy (non-hydrogen) atoms. The van der Waals surface area contributed by atoms with E-state index in [0.717, 1.165) is 18.0 Å². The van der Waals surface area contributed by atoms with Gasteiger partial charge in [-0.15, -0.1) is 0 Å². The van der Waals surface area contributed by atoms with Crippen LogP contribution >= 0.6 is 0 Å². The molecule has 1 aliphatic carbocycles. The lowest BCUT2D eigenvalue weighted by molar-refractivity contribution is -0.151. The largest absolute Gasteiger partial charge is 0.430 e. The Kier molecular flexibility index (Phi) is 4.71. The van der Waals surface area contributed by atoms with Crippen molar-refractivity contribution in [3.8, 4) is 0 Å². The third-order valence-corrected chi connectivity index (χ3v) is 5.54. The number of carbonyl (C=O) groups excluding carboxylic acids is 5. The zero-order chi connectivity index (χ0) is 19.8. The van der Waals surface area contributed by atoms with Gasteiger partial charge in [0, 0.05) is 32.6 Å². The predicted octanol–water partition coefficient (Wildman–Crippen LogP) is -1.75. The number of piperazine rings is 1. The molecule has 3 unspecified atom stereocenters. The molecular weight excluding hydrogens is 368 g/mol. The zero-order valence-electron chi connectivity index (χ0n) is 15.1. The molecule has 0 spiro atoms. The highest BCUT2D eigenvalue weighted by molar-refractivity contribution is 6.12. The monoisotopic (exact) mass is 388 g/mol. The molecule has 148 valence electrons. The summed E-state index contributed by atoms with van der Waals surface area (Å²) in [6.45, 7) is 3.08. The molecular formula is C18H20N4O6.